The lowest BCUT2D eigenvalue weighted by Crippen LogP contribution is -2.60. The summed E-state index contributed by atoms with van der Waals surface area (Å²) in [5.41, 5.74) is 11.6. The van der Waals surface area contributed by atoms with Crippen LogP contribution in [-0.2, 0) is 30.4 Å². The predicted molar refractivity (Wildman–Crippen MR) is 152 cm³/mol. The van der Waals surface area contributed by atoms with Crippen LogP contribution in [0.4, 0.5) is 0 Å². The van der Waals surface area contributed by atoms with Gasteiger partial charge in [0, 0.05) is 6.42 Å². The molecule has 13 nitrogen and oxygen atoms in total. The van der Waals surface area contributed by atoms with E-state index in [1.54, 1.807) is 30.3 Å². The van der Waals surface area contributed by atoms with Crippen molar-refractivity contribution in [2.24, 2.45) is 11.5 Å². The molecule has 14 heteroatoms. The smallest absolute Gasteiger partial charge is 0.326 e. The largest absolute Gasteiger partial charge is 0.480 e. The van der Waals surface area contributed by atoms with Gasteiger partial charge in [-0.05, 0) is 56.7 Å². The van der Waals surface area contributed by atoms with Crippen molar-refractivity contribution in [3.05, 3.63) is 35.9 Å². The summed E-state index contributed by atoms with van der Waals surface area (Å²) in [6.07, 6.45) is 1.93. The van der Waals surface area contributed by atoms with E-state index in [-0.39, 0.29) is 25.8 Å². The third-order valence-corrected chi connectivity index (χ3v) is 6.63. The van der Waals surface area contributed by atoms with Crippen LogP contribution in [0.3, 0.4) is 0 Å². The first-order chi connectivity index (χ1) is 19.0. The Kier molecular flexibility index (Phi) is 16.5. The number of hydrogen-bond donors (Lipinski definition) is 8. The summed E-state index contributed by atoms with van der Waals surface area (Å²) >= 11 is 1.46. The summed E-state index contributed by atoms with van der Waals surface area (Å²) in [6, 6.07) is 3.92. The standard InChI is InChI=1S/C26H42N6O7S/c1-16(33)22(32-24(36)19(11-13-40-2)29-21(34)15-28)25(37)30-18(10-6-7-12-27)23(35)31-20(26(38)39)14-17-8-4-3-5-9-17/h3-5,8-9,16,18-20,22,33H,6-7,10-15,27-28H2,1-2H3,(H,29,34)(H,30,37)(H,31,35)(H,32,36)(H,38,39)/t16-,18+,19+,20+,22+/m1/s1. The first-order valence-electron chi connectivity index (χ1n) is 13.1. The zero-order valence-corrected chi connectivity index (χ0v) is 23.7. The van der Waals surface area contributed by atoms with E-state index in [9.17, 15) is 34.2 Å². The Bertz CT molecular complexity index is 966. The zero-order chi connectivity index (χ0) is 30.1. The lowest BCUT2D eigenvalue weighted by atomic mass is 10.0. The molecule has 0 aliphatic heterocycles. The maximum atomic E-state index is 13.2. The zero-order valence-electron chi connectivity index (χ0n) is 22.9. The van der Waals surface area contributed by atoms with Crippen LogP contribution < -0.4 is 32.7 Å². The number of hydrogen-bond acceptors (Lipinski definition) is 9. The van der Waals surface area contributed by atoms with E-state index in [0.29, 0.717) is 30.7 Å². The number of thioether (sulfide) groups is 1. The van der Waals surface area contributed by atoms with Crippen LogP contribution in [-0.4, -0.2) is 95.2 Å². The molecule has 1 aromatic rings. The molecule has 0 heterocycles. The lowest BCUT2D eigenvalue weighted by Gasteiger charge is -2.27. The third kappa shape index (κ3) is 12.8. The Balaban J connectivity index is 3.04. The highest BCUT2D eigenvalue weighted by atomic mass is 32.2. The second kappa shape index (κ2) is 19.0. The summed E-state index contributed by atoms with van der Waals surface area (Å²) in [4.78, 5) is 62.9. The van der Waals surface area contributed by atoms with E-state index in [2.05, 4.69) is 21.3 Å². The van der Waals surface area contributed by atoms with Crippen molar-refractivity contribution in [2.75, 3.05) is 25.1 Å². The molecular formula is C26H42N6O7S. The first kappa shape index (κ1) is 34.8. The highest BCUT2D eigenvalue weighted by Gasteiger charge is 2.33. The van der Waals surface area contributed by atoms with E-state index in [0.717, 1.165) is 0 Å². The van der Waals surface area contributed by atoms with Crippen molar-refractivity contribution in [3.8, 4) is 0 Å². The van der Waals surface area contributed by atoms with Crippen LogP contribution in [0.25, 0.3) is 0 Å². The second-order valence-electron chi connectivity index (χ2n) is 9.27. The first-order valence-corrected chi connectivity index (χ1v) is 14.5. The van der Waals surface area contributed by atoms with Gasteiger partial charge in [0.05, 0.1) is 12.6 Å². The van der Waals surface area contributed by atoms with Gasteiger partial charge in [0.15, 0.2) is 0 Å². The minimum atomic E-state index is -1.46. The molecule has 1 aromatic carbocycles. The van der Waals surface area contributed by atoms with Gasteiger partial charge in [-0.15, -0.1) is 0 Å². The number of carboxylic acids is 1. The van der Waals surface area contributed by atoms with Gasteiger partial charge < -0.3 is 42.9 Å². The second-order valence-corrected chi connectivity index (χ2v) is 10.3. The summed E-state index contributed by atoms with van der Waals surface area (Å²) in [5, 5.41) is 29.9. The molecule has 0 aromatic heterocycles. The topological polar surface area (TPSA) is 226 Å². The minimum absolute atomic E-state index is 0.0314. The highest BCUT2D eigenvalue weighted by molar-refractivity contribution is 7.98. The molecule has 0 radical (unpaired) electrons. The lowest BCUT2D eigenvalue weighted by molar-refractivity contribution is -0.142. The van der Waals surface area contributed by atoms with Gasteiger partial charge in [-0.2, -0.15) is 11.8 Å². The van der Waals surface area contributed by atoms with Crippen molar-refractivity contribution in [2.45, 2.75) is 69.3 Å². The molecule has 0 bridgehead atoms. The number of unbranched alkanes of at least 4 members (excludes halogenated alkanes) is 1. The van der Waals surface area contributed by atoms with Crippen LogP contribution in [0.1, 0.15) is 38.2 Å². The van der Waals surface area contributed by atoms with Crippen LogP contribution >= 0.6 is 11.8 Å². The molecule has 0 spiro atoms. The number of rotatable bonds is 19. The molecule has 0 unspecified atom stereocenters. The summed E-state index contributed by atoms with van der Waals surface area (Å²) in [6.45, 7) is 1.32. The van der Waals surface area contributed by atoms with Crippen molar-refractivity contribution in [3.63, 3.8) is 0 Å². The van der Waals surface area contributed by atoms with Crippen molar-refractivity contribution in [1.82, 2.24) is 21.3 Å². The minimum Gasteiger partial charge on any atom is -0.480 e. The number of aliphatic hydroxyl groups is 1. The maximum Gasteiger partial charge on any atom is 0.326 e. The fraction of sp³-hybridized carbons (Fsp3) is 0.577. The maximum absolute atomic E-state index is 13.2. The van der Waals surface area contributed by atoms with Gasteiger partial charge in [-0.25, -0.2) is 4.79 Å². The Morgan fingerprint density at radius 1 is 0.850 bits per heavy atom. The molecule has 0 aliphatic carbocycles. The molecule has 0 saturated heterocycles. The fourth-order valence-electron chi connectivity index (χ4n) is 3.76. The van der Waals surface area contributed by atoms with Gasteiger partial charge in [-0.1, -0.05) is 30.3 Å². The monoisotopic (exact) mass is 582 g/mol. The Morgan fingerprint density at radius 2 is 1.45 bits per heavy atom. The molecule has 0 saturated carbocycles. The van der Waals surface area contributed by atoms with E-state index < -0.39 is 59.9 Å². The molecule has 10 N–H and O–H groups in total. The average Bonchev–Trinajstić information content (AvgIpc) is 2.92. The SMILES string of the molecule is CSCC[C@H](NC(=O)CN)C(=O)N[C@H](C(=O)N[C@@H](CCCCN)C(=O)N[C@@H](Cc1ccccc1)C(=O)O)[C@@H](C)O. The molecule has 224 valence electrons. The Labute approximate surface area is 238 Å². The Hall–Kier alpha value is -3.20. The number of carbonyl (C=O) groups is 5. The summed E-state index contributed by atoms with van der Waals surface area (Å²) in [5.74, 6) is -3.54. The van der Waals surface area contributed by atoms with Crippen molar-refractivity contribution >= 4 is 41.4 Å². The van der Waals surface area contributed by atoms with Crippen LogP contribution in [0, 0.1) is 0 Å². The quantitative estimate of drug-likeness (QED) is 0.0878. The van der Waals surface area contributed by atoms with Crippen molar-refractivity contribution < 1.29 is 34.2 Å². The third-order valence-electron chi connectivity index (χ3n) is 5.99. The highest BCUT2D eigenvalue weighted by Crippen LogP contribution is 2.08. The molecule has 0 fully saturated rings. The van der Waals surface area contributed by atoms with Gasteiger partial charge in [0.25, 0.3) is 0 Å². The number of aliphatic hydroxyl groups excluding tert-OH is 1. The predicted octanol–water partition coefficient (Wildman–Crippen LogP) is -1.53. The number of amides is 4. The average molecular weight is 583 g/mol. The molecule has 0 aliphatic rings. The van der Waals surface area contributed by atoms with Gasteiger partial charge >= 0.3 is 5.97 Å². The van der Waals surface area contributed by atoms with E-state index in [4.69, 9.17) is 11.5 Å². The van der Waals surface area contributed by atoms with E-state index >= 15 is 0 Å². The molecular weight excluding hydrogens is 540 g/mol. The van der Waals surface area contributed by atoms with Crippen LogP contribution in [0.5, 0.6) is 0 Å². The van der Waals surface area contributed by atoms with Gasteiger partial charge in [0.1, 0.15) is 24.2 Å². The van der Waals surface area contributed by atoms with Gasteiger partial charge in [-0.3, -0.25) is 19.2 Å². The Morgan fingerprint density at radius 3 is 2.00 bits per heavy atom. The number of carboxylic acid groups (broad SMARTS) is 1. The number of aliphatic carboxylic acids is 1. The van der Waals surface area contributed by atoms with Gasteiger partial charge in [0.2, 0.25) is 23.6 Å². The van der Waals surface area contributed by atoms with E-state index in [1.807, 2.05) is 6.26 Å². The number of nitrogens with two attached hydrogens (primary N) is 2. The summed E-state index contributed by atoms with van der Waals surface area (Å²) < 4.78 is 0. The molecule has 4 amide bonds. The molecule has 5 atom stereocenters. The normalized spacial score (nSPS) is 14.6. The molecule has 40 heavy (non-hydrogen) atoms. The van der Waals surface area contributed by atoms with Crippen LogP contribution in [0.2, 0.25) is 0 Å². The van der Waals surface area contributed by atoms with E-state index in [1.165, 1.54) is 18.7 Å². The van der Waals surface area contributed by atoms with Crippen molar-refractivity contribution in [1.29, 1.82) is 0 Å². The number of nitrogens with one attached hydrogen (secondary N) is 4. The molecule has 1 rings (SSSR count). The number of carbonyl (C=O) groups excluding carboxylic acids is 4. The number of benzene rings is 1. The fourth-order valence-corrected chi connectivity index (χ4v) is 4.23. The summed E-state index contributed by atoms with van der Waals surface area (Å²) in [7, 11) is 0. The van der Waals surface area contributed by atoms with Crippen LogP contribution in [0.15, 0.2) is 30.3 Å².